The Morgan fingerprint density at radius 1 is 1.33 bits per heavy atom. The fourth-order valence-electron chi connectivity index (χ4n) is 1.40. The van der Waals surface area contributed by atoms with Crippen LogP contribution in [0, 0.1) is 6.92 Å². The molecule has 0 aromatic heterocycles. The van der Waals surface area contributed by atoms with Crippen LogP contribution in [0.4, 0.5) is 10.5 Å². The first-order valence-electron chi connectivity index (χ1n) is 4.04. The number of nitrogens with one attached hydrogen (secondary N) is 2. The fourth-order valence-corrected chi connectivity index (χ4v) is 2.91. The van der Waals surface area contributed by atoms with E-state index in [1.165, 1.54) is 6.07 Å². The Morgan fingerprint density at radius 3 is 2.67 bits per heavy atom. The smallest absolute Gasteiger partial charge is 0.306 e. The lowest BCUT2D eigenvalue weighted by atomic mass is 10.2. The number of anilines is 1. The van der Waals surface area contributed by atoms with Gasteiger partial charge in [-0.3, -0.25) is 0 Å². The van der Waals surface area contributed by atoms with Crippen molar-refractivity contribution in [2.45, 2.75) is 11.8 Å². The summed E-state index contributed by atoms with van der Waals surface area (Å²) in [5.41, 5.74) is 0.888. The Balaban J connectivity index is 2.78. The van der Waals surface area contributed by atoms with Crippen LogP contribution in [0.5, 0.6) is 0 Å². The Kier molecular flexibility index (Phi) is 2.13. The normalized spacial score (nSPS) is 17.6. The molecule has 7 heteroatoms. The predicted molar refractivity (Wildman–Crippen MR) is 55.5 cm³/mol. The van der Waals surface area contributed by atoms with Gasteiger partial charge in [0.1, 0.15) is 4.90 Å². The van der Waals surface area contributed by atoms with Crippen LogP contribution >= 0.6 is 11.6 Å². The van der Waals surface area contributed by atoms with Gasteiger partial charge in [0.2, 0.25) is 0 Å². The Hall–Kier alpha value is -1.27. The molecule has 0 radical (unpaired) electrons. The van der Waals surface area contributed by atoms with Crippen LogP contribution in [0.1, 0.15) is 5.56 Å². The molecule has 2 N–H and O–H groups in total. The molecule has 5 nitrogen and oxygen atoms in total. The number of hydrogen-bond acceptors (Lipinski definition) is 3. The third kappa shape index (κ3) is 1.66. The molecule has 15 heavy (non-hydrogen) atoms. The molecular weight excluding hydrogens is 240 g/mol. The first-order chi connectivity index (χ1) is 6.90. The summed E-state index contributed by atoms with van der Waals surface area (Å²) in [4.78, 5) is 11.0. The third-order valence-electron chi connectivity index (χ3n) is 2.02. The Bertz CT molecular complexity index is 553. The maximum Gasteiger partial charge on any atom is 0.333 e. The zero-order valence-corrected chi connectivity index (χ0v) is 9.24. The van der Waals surface area contributed by atoms with E-state index in [2.05, 4.69) is 5.32 Å². The lowest BCUT2D eigenvalue weighted by Gasteiger charge is -2.20. The molecule has 0 unspecified atom stereocenters. The van der Waals surface area contributed by atoms with E-state index in [0.717, 1.165) is 0 Å². The molecule has 80 valence electrons. The number of halogens is 1. The van der Waals surface area contributed by atoms with Crippen molar-refractivity contribution in [2.24, 2.45) is 0 Å². The standard InChI is InChI=1S/C8H7ClN2O3S/c1-4-2-5(9)3-6-7(4)10-8(12)11-15(6,13)14/h2-3H,1H3,(H2,10,11,12). The molecule has 1 aliphatic heterocycles. The Labute approximate surface area is 91.5 Å². The number of urea groups is 1. The second kappa shape index (κ2) is 3.11. The van der Waals surface area contributed by atoms with Crippen molar-refractivity contribution in [3.05, 3.63) is 22.7 Å². The van der Waals surface area contributed by atoms with Gasteiger partial charge < -0.3 is 5.32 Å². The van der Waals surface area contributed by atoms with Crippen molar-refractivity contribution in [1.29, 1.82) is 0 Å². The van der Waals surface area contributed by atoms with Gasteiger partial charge in [-0.1, -0.05) is 11.6 Å². The quantitative estimate of drug-likeness (QED) is 0.728. The zero-order chi connectivity index (χ0) is 11.2. The molecule has 1 aromatic rings. The van der Waals surface area contributed by atoms with Crippen molar-refractivity contribution in [1.82, 2.24) is 4.72 Å². The van der Waals surface area contributed by atoms with E-state index in [9.17, 15) is 13.2 Å². The summed E-state index contributed by atoms with van der Waals surface area (Å²) in [6.45, 7) is 1.67. The first-order valence-corrected chi connectivity index (χ1v) is 5.90. The average molecular weight is 247 g/mol. The zero-order valence-electron chi connectivity index (χ0n) is 7.67. The topological polar surface area (TPSA) is 75.3 Å². The number of hydrogen-bond donors (Lipinski definition) is 2. The summed E-state index contributed by atoms with van der Waals surface area (Å²) in [5, 5.41) is 2.74. The maximum atomic E-state index is 11.6. The highest BCUT2D eigenvalue weighted by Gasteiger charge is 2.29. The molecule has 0 bridgehead atoms. The predicted octanol–water partition coefficient (Wildman–Crippen LogP) is 1.47. The van der Waals surface area contributed by atoms with Crippen LogP contribution in [0.15, 0.2) is 17.0 Å². The van der Waals surface area contributed by atoms with Gasteiger partial charge in [0.05, 0.1) is 5.69 Å². The van der Waals surface area contributed by atoms with Crippen molar-refractivity contribution in [2.75, 3.05) is 5.32 Å². The number of carbonyl (C=O) groups is 1. The number of amides is 2. The van der Waals surface area contributed by atoms with E-state index in [4.69, 9.17) is 11.6 Å². The van der Waals surface area contributed by atoms with Crippen LogP contribution < -0.4 is 10.0 Å². The summed E-state index contributed by atoms with van der Waals surface area (Å²) >= 11 is 5.74. The van der Waals surface area contributed by atoms with Gasteiger partial charge in [-0.2, -0.15) is 0 Å². The van der Waals surface area contributed by atoms with Crippen LogP contribution in [-0.2, 0) is 10.0 Å². The fraction of sp³-hybridized carbons (Fsp3) is 0.125. The van der Waals surface area contributed by atoms with Gasteiger partial charge in [-0.15, -0.1) is 0 Å². The molecule has 0 saturated heterocycles. The third-order valence-corrected chi connectivity index (χ3v) is 3.59. The van der Waals surface area contributed by atoms with E-state index in [-0.39, 0.29) is 10.6 Å². The minimum absolute atomic E-state index is 0.00731. The molecule has 2 rings (SSSR count). The maximum absolute atomic E-state index is 11.6. The second-order valence-corrected chi connectivity index (χ2v) is 5.24. The highest BCUT2D eigenvalue weighted by molar-refractivity contribution is 7.90. The van der Waals surface area contributed by atoms with Gasteiger partial charge in [-0.05, 0) is 24.6 Å². The van der Waals surface area contributed by atoms with Gasteiger partial charge in [0, 0.05) is 5.02 Å². The van der Waals surface area contributed by atoms with Gasteiger partial charge >= 0.3 is 6.03 Å². The van der Waals surface area contributed by atoms with E-state index >= 15 is 0 Å². The summed E-state index contributed by atoms with van der Waals surface area (Å²) in [6.07, 6.45) is 0. The van der Waals surface area contributed by atoms with Crippen LogP contribution in [0.2, 0.25) is 5.02 Å². The monoisotopic (exact) mass is 246 g/mol. The molecule has 1 aliphatic rings. The van der Waals surface area contributed by atoms with Crippen molar-refractivity contribution >= 4 is 33.3 Å². The highest BCUT2D eigenvalue weighted by Crippen LogP contribution is 2.31. The second-order valence-electron chi connectivity index (χ2n) is 3.16. The van der Waals surface area contributed by atoms with Crippen LogP contribution in [-0.4, -0.2) is 14.4 Å². The van der Waals surface area contributed by atoms with Gasteiger partial charge in [-0.25, -0.2) is 17.9 Å². The molecular formula is C8H7ClN2O3S. The molecule has 1 aromatic carbocycles. The Morgan fingerprint density at radius 2 is 2.00 bits per heavy atom. The lowest BCUT2D eigenvalue weighted by molar-refractivity contribution is 0.256. The molecule has 0 fully saturated rings. The highest BCUT2D eigenvalue weighted by atomic mass is 35.5. The average Bonchev–Trinajstić information content (AvgIpc) is 2.06. The summed E-state index contributed by atoms with van der Waals surface area (Å²) in [7, 11) is -3.78. The number of carbonyl (C=O) groups excluding carboxylic acids is 1. The molecule has 0 saturated carbocycles. The van der Waals surface area contributed by atoms with Crippen molar-refractivity contribution in [3.63, 3.8) is 0 Å². The van der Waals surface area contributed by atoms with E-state index < -0.39 is 16.1 Å². The molecule has 0 spiro atoms. The van der Waals surface area contributed by atoms with Crippen LogP contribution in [0.3, 0.4) is 0 Å². The lowest BCUT2D eigenvalue weighted by Crippen LogP contribution is -2.39. The number of fused-ring (bicyclic) bond motifs is 1. The van der Waals surface area contributed by atoms with Gasteiger partial charge in [0.15, 0.2) is 0 Å². The van der Waals surface area contributed by atoms with E-state index in [0.29, 0.717) is 10.6 Å². The van der Waals surface area contributed by atoms with Crippen molar-refractivity contribution < 1.29 is 13.2 Å². The van der Waals surface area contributed by atoms with Gasteiger partial charge in [0.25, 0.3) is 10.0 Å². The first kappa shape index (κ1) is 10.3. The number of benzene rings is 1. The summed E-state index contributed by atoms with van der Waals surface area (Å²) in [5.74, 6) is 0. The number of rotatable bonds is 0. The van der Waals surface area contributed by atoms with Crippen LogP contribution in [0.25, 0.3) is 0 Å². The molecule has 0 atom stereocenters. The summed E-state index contributed by atoms with van der Waals surface area (Å²) in [6, 6.07) is 2.13. The SMILES string of the molecule is Cc1cc(Cl)cc2c1NC(=O)NS2(=O)=O. The largest absolute Gasteiger partial charge is 0.333 e. The van der Waals surface area contributed by atoms with E-state index in [1.807, 2.05) is 4.72 Å². The molecule has 2 amide bonds. The van der Waals surface area contributed by atoms with E-state index in [1.54, 1.807) is 13.0 Å². The minimum Gasteiger partial charge on any atom is -0.306 e. The minimum atomic E-state index is -3.78. The van der Waals surface area contributed by atoms with Crippen molar-refractivity contribution in [3.8, 4) is 0 Å². The summed E-state index contributed by atoms with van der Waals surface area (Å²) < 4.78 is 24.9. The number of aryl methyl sites for hydroxylation is 1. The molecule has 1 heterocycles. The molecule has 0 aliphatic carbocycles. The number of sulfonamides is 1.